The van der Waals surface area contributed by atoms with Gasteiger partial charge in [-0.25, -0.2) is 9.59 Å². The molecule has 0 atom stereocenters. The number of unbranched alkanes of at least 4 members (excludes halogenated alkanes) is 60. The first-order chi connectivity index (χ1) is 52.0. The SMILES string of the molecule is CCCCCCCCCCCCCCCCCCc1cccc(OC(=O)N2CN(C(=O)Oc3cccc(CCCCCCCCCCCCCCCCCC)c3CCCCCCCCCCCCCCCCCC)c3ccccc3-c3ccccc32)c1CCCCCCCCCCCCCCCCCC. The summed E-state index contributed by atoms with van der Waals surface area (Å²) in [6.07, 6.45) is 89.1. The van der Waals surface area contributed by atoms with Crippen molar-refractivity contribution in [2.24, 2.45) is 0 Å². The molecule has 0 aliphatic carbocycles. The molecule has 0 spiro atoms. The van der Waals surface area contributed by atoms with Crippen molar-refractivity contribution in [2.75, 3.05) is 16.5 Å². The molecule has 0 saturated carbocycles. The number of hydrogen-bond donors (Lipinski definition) is 0. The number of nitrogens with zero attached hydrogens (tertiary/aromatic N) is 2. The molecule has 2 amide bonds. The number of hydrogen-bond acceptors (Lipinski definition) is 4. The molecule has 1 heterocycles. The first kappa shape index (κ1) is 91.0. The Bertz CT molecular complexity index is 2510. The zero-order valence-corrected chi connectivity index (χ0v) is 69.4. The summed E-state index contributed by atoms with van der Waals surface area (Å²) in [6.45, 7) is 9.17. The third-order valence-corrected chi connectivity index (χ3v) is 23.4. The molecule has 0 unspecified atom stereocenters. The van der Waals surface area contributed by atoms with Crippen LogP contribution in [0.25, 0.3) is 11.1 Å². The van der Waals surface area contributed by atoms with Crippen LogP contribution in [0.4, 0.5) is 21.0 Å². The van der Waals surface area contributed by atoms with E-state index >= 15 is 9.59 Å². The summed E-state index contributed by atoms with van der Waals surface area (Å²) < 4.78 is 13.5. The Morgan fingerprint density at radius 1 is 0.238 bits per heavy atom. The van der Waals surface area contributed by atoms with Crippen LogP contribution in [0.5, 0.6) is 11.5 Å². The maximum atomic E-state index is 15.4. The van der Waals surface area contributed by atoms with Gasteiger partial charge in [-0.2, -0.15) is 0 Å². The fourth-order valence-electron chi connectivity index (χ4n) is 16.7. The van der Waals surface area contributed by atoms with Gasteiger partial charge < -0.3 is 9.47 Å². The molecule has 4 aromatic carbocycles. The van der Waals surface area contributed by atoms with Crippen molar-refractivity contribution < 1.29 is 19.1 Å². The second-order valence-electron chi connectivity index (χ2n) is 32.8. The molecule has 4 aromatic rings. The molecule has 594 valence electrons. The van der Waals surface area contributed by atoms with Crippen LogP contribution in [0.2, 0.25) is 0 Å². The summed E-state index contributed by atoms with van der Waals surface area (Å²) in [5.74, 6) is 1.31. The van der Waals surface area contributed by atoms with Crippen molar-refractivity contribution in [1.82, 2.24) is 0 Å². The zero-order valence-electron chi connectivity index (χ0n) is 69.4. The molecule has 6 heteroatoms. The monoisotopic (exact) mass is 1450 g/mol. The van der Waals surface area contributed by atoms with Crippen molar-refractivity contribution in [3.8, 4) is 22.6 Å². The van der Waals surface area contributed by atoms with Gasteiger partial charge in [0.25, 0.3) is 0 Å². The van der Waals surface area contributed by atoms with Gasteiger partial charge in [-0.05, 0) is 97.9 Å². The van der Waals surface area contributed by atoms with Gasteiger partial charge in [0.1, 0.15) is 18.2 Å². The molecular weight excluding hydrogens is 1280 g/mol. The molecular formula is C99H164N2O4. The Morgan fingerprint density at radius 2 is 0.438 bits per heavy atom. The maximum Gasteiger partial charge on any atom is 0.421 e. The second-order valence-corrected chi connectivity index (χ2v) is 32.8. The fourth-order valence-corrected chi connectivity index (χ4v) is 16.7. The number of fused-ring (bicyclic) bond motifs is 3. The van der Waals surface area contributed by atoms with E-state index in [9.17, 15) is 0 Å². The molecule has 0 aromatic heterocycles. The van der Waals surface area contributed by atoms with Crippen LogP contribution in [-0.2, 0) is 25.7 Å². The van der Waals surface area contributed by atoms with Gasteiger partial charge in [0.2, 0.25) is 0 Å². The number of carbonyl (C=O) groups is 2. The summed E-state index contributed by atoms with van der Waals surface area (Å²) in [6, 6.07) is 29.0. The summed E-state index contributed by atoms with van der Waals surface area (Å²) in [4.78, 5) is 34.2. The zero-order chi connectivity index (χ0) is 74.2. The Hall–Kier alpha value is -4.58. The first-order valence-corrected chi connectivity index (χ1v) is 46.4. The molecule has 0 N–H and O–H groups in total. The predicted molar refractivity (Wildman–Crippen MR) is 460 cm³/mol. The lowest BCUT2D eigenvalue weighted by Gasteiger charge is -2.28. The van der Waals surface area contributed by atoms with E-state index in [2.05, 4.69) is 64.1 Å². The lowest BCUT2D eigenvalue weighted by atomic mass is 9.95. The topological polar surface area (TPSA) is 59.1 Å². The normalized spacial score (nSPS) is 12.1. The van der Waals surface area contributed by atoms with E-state index in [0.29, 0.717) is 11.5 Å². The van der Waals surface area contributed by atoms with Gasteiger partial charge in [-0.1, -0.05) is 474 Å². The van der Waals surface area contributed by atoms with Crippen LogP contribution in [0.1, 0.15) is 461 Å². The molecule has 0 bridgehead atoms. The summed E-state index contributed by atoms with van der Waals surface area (Å²) in [5, 5.41) is 0. The summed E-state index contributed by atoms with van der Waals surface area (Å²) in [5.41, 5.74) is 8.19. The molecule has 1 aliphatic heterocycles. The lowest BCUT2D eigenvalue weighted by Crippen LogP contribution is -2.46. The number of carbonyl (C=O) groups excluding carboxylic acids is 2. The van der Waals surface area contributed by atoms with Crippen LogP contribution in [0, 0.1) is 0 Å². The van der Waals surface area contributed by atoms with Gasteiger partial charge in [-0.15, -0.1) is 0 Å². The average molecular weight is 1450 g/mol. The summed E-state index contributed by atoms with van der Waals surface area (Å²) >= 11 is 0. The highest BCUT2D eigenvalue weighted by Gasteiger charge is 2.34. The van der Waals surface area contributed by atoms with Gasteiger partial charge in [-0.3, -0.25) is 9.80 Å². The van der Waals surface area contributed by atoms with Crippen LogP contribution >= 0.6 is 0 Å². The Kier molecular flexibility index (Phi) is 55.7. The Balaban J connectivity index is 1.24. The van der Waals surface area contributed by atoms with E-state index in [1.165, 1.54) is 408 Å². The van der Waals surface area contributed by atoms with Gasteiger partial charge in [0, 0.05) is 11.1 Å². The van der Waals surface area contributed by atoms with E-state index in [1.807, 2.05) is 48.5 Å². The molecule has 1 aliphatic rings. The Morgan fingerprint density at radius 3 is 0.667 bits per heavy atom. The minimum Gasteiger partial charge on any atom is -0.410 e. The number of ether oxygens (including phenoxy) is 2. The highest BCUT2D eigenvalue weighted by Crippen LogP contribution is 2.42. The van der Waals surface area contributed by atoms with Crippen LogP contribution in [0.15, 0.2) is 84.9 Å². The largest absolute Gasteiger partial charge is 0.421 e. The van der Waals surface area contributed by atoms with Crippen LogP contribution < -0.4 is 19.3 Å². The van der Waals surface area contributed by atoms with Crippen LogP contribution in [-0.4, -0.2) is 18.9 Å². The van der Waals surface area contributed by atoms with Crippen molar-refractivity contribution in [3.05, 3.63) is 107 Å². The molecule has 0 fully saturated rings. The molecule has 5 rings (SSSR count). The quantitative estimate of drug-likeness (QED) is 0.0413. The van der Waals surface area contributed by atoms with E-state index in [-0.39, 0.29) is 6.67 Å². The predicted octanol–water partition coefficient (Wildman–Crippen LogP) is 33.6. The second kappa shape index (κ2) is 64.3. The molecule has 105 heavy (non-hydrogen) atoms. The Labute approximate surface area is 649 Å². The van der Waals surface area contributed by atoms with Gasteiger partial charge in [0.15, 0.2) is 0 Å². The minimum atomic E-state index is -0.481. The number of benzene rings is 4. The number of rotatable bonds is 70. The maximum absolute atomic E-state index is 15.4. The molecule has 0 radical (unpaired) electrons. The third-order valence-electron chi connectivity index (χ3n) is 23.4. The van der Waals surface area contributed by atoms with Gasteiger partial charge >= 0.3 is 12.2 Å². The fraction of sp³-hybridized carbons (Fsp3) is 0.737. The van der Waals surface area contributed by atoms with Crippen molar-refractivity contribution >= 4 is 23.6 Å². The highest BCUT2D eigenvalue weighted by molar-refractivity contribution is 6.04. The standard InChI is InChI=1S/C99H164N2O4/c1-5-9-13-17-21-25-29-33-37-41-45-49-53-57-61-65-75-88-77-73-85-96(90(88)79-67-63-59-55-51-47-43-39-35-31-27-23-19-15-11-7-3)104-98(102)100-87-101(95-84-72-70-82-93(95)92-81-69-71-83-94(92)100)99(103)105-97-86-74-78-89(76-66-62-58-54-50-46-42-38-34-30-26-22-18-14-10-6-2)91(97)80-68-64-60-56-52-48-44-40-36-32-28-24-20-16-12-8-4/h69-74,77-78,81-86H,5-68,75-76,79-80,87H2,1-4H3. The van der Waals surface area contributed by atoms with Crippen molar-refractivity contribution in [2.45, 2.75) is 464 Å². The van der Waals surface area contributed by atoms with E-state index < -0.39 is 12.2 Å². The highest BCUT2D eigenvalue weighted by atomic mass is 16.6. The number of amides is 2. The minimum absolute atomic E-state index is 0.0492. The number of anilines is 2. The smallest absolute Gasteiger partial charge is 0.410 e. The van der Waals surface area contributed by atoms with E-state index in [4.69, 9.17) is 9.47 Å². The van der Waals surface area contributed by atoms with Gasteiger partial charge in [0.05, 0.1) is 11.4 Å². The third kappa shape index (κ3) is 42.3. The molecule has 6 nitrogen and oxygen atoms in total. The van der Waals surface area contributed by atoms with E-state index in [0.717, 1.165) is 73.9 Å². The summed E-state index contributed by atoms with van der Waals surface area (Å²) in [7, 11) is 0. The van der Waals surface area contributed by atoms with Crippen LogP contribution in [0.3, 0.4) is 0 Å². The number of para-hydroxylation sites is 2. The van der Waals surface area contributed by atoms with Crippen molar-refractivity contribution in [3.63, 3.8) is 0 Å². The molecule has 0 saturated heterocycles. The van der Waals surface area contributed by atoms with Crippen molar-refractivity contribution in [1.29, 1.82) is 0 Å². The van der Waals surface area contributed by atoms with E-state index in [1.54, 1.807) is 9.80 Å². The average Bonchev–Trinajstić information content (AvgIpc) is 1.62. The first-order valence-electron chi connectivity index (χ1n) is 46.4. The lowest BCUT2D eigenvalue weighted by molar-refractivity contribution is 0.202. The number of aryl methyl sites for hydroxylation is 2.